The second kappa shape index (κ2) is 3.13. The third kappa shape index (κ3) is 1.21. The first-order valence-corrected chi connectivity index (χ1v) is 6.19. The van der Waals surface area contributed by atoms with Gasteiger partial charge >= 0.3 is 6.09 Å². The highest BCUT2D eigenvalue weighted by Gasteiger charge is 2.55. The highest BCUT2D eigenvalue weighted by molar-refractivity contribution is 5.69. The van der Waals surface area contributed by atoms with Crippen molar-refractivity contribution in [1.29, 1.82) is 0 Å². The summed E-state index contributed by atoms with van der Waals surface area (Å²) in [6.07, 6.45) is 8.29. The van der Waals surface area contributed by atoms with Crippen LogP contribution in [0.2, 0.25) is 0 Å². The number of carbonyl (C=O) groups excluding carboxylic acids is 1. The Morgan fingerprint density at radius 1 is 1.27 bits per heavy atom. The molecule has 3 heteroatoms. The number of fused-ring (bicyclic) bond motifs is 2. The predicted octanol–water partition coefficient (Wildman–Crippen LogP) is 2.55. The lowest BCUT2D eigenvalue weighted by Gasteiger charge is -2.46. The molecule has 0 aromatic rings. The van der Waals surface area contributed by atoms with E-state index >= 15 is 0 Å². The van der Waals surface area contributed by atoms with Crippen molar-refractivity contribution >= 4 is 6.09 Å². The van der Waals surface area contributed by atoms with Crippen LogP contribution in [0, 0.1) is 5.92 Å². The van der Waals surface area contributed by atoms with Crippen molar-refractivity contribution in [2.75, 3.05) is 7.05 Å². The van der Waals surface area contributed by atoms with Crippen LogP contribution in [-0.4, -0.2) is 29.7 Å². The molecule has 3 fully saturated rings. The van der Waals surface area contributed by atoms with Crippen LogP contribution >= 0.6 is 0 Å². The van der Waals surface area contributed by atoms with Gasteiger partial charge < -0.3 is 9.64 Å². The van der Waals surface area contributed by atoms with Gasteiger partial charge in [0.1, 0.15) is 5.60 Å². The van der Waals surface area contributed by atoms with Gasteiger partial charge in [-0.25, -0.2) is 4.79 Å². The van der Waals surface area contributed by atoms with E-state index in [1.807, 2.05) is 11.9 Å². The van der Waals surface area contributed by atoms with Crippen molar-refractivity contribution in [2.24, 2.45) is 5.92 Å². The largest absolute Gasteiger partial charge is 0.442 e. The smallest absolute Gasteiger partial charge is 0.410 e. The SMILES string of the molecule is CN1C(=O)OC2(CCCC2)[C@@H]2CCC[C@@H]21. The van der Waals surface area contributed by atoms with Gasteiger partial charge in [-0.3, -0.25) is 0 Å². The van der Waals surface area contributed by atoms with E-state index in [1.165, 1.54) is 32.1 Å². The third-order valence-electron chi connectivity index (χ3n) is 4.68. The summed E-state index contributed by atoms with van der Waals surface area (Å²) in [6.45, 7) is 0. The van der Waals surface area contributed by atoms with Crippen LogP contribution in [-0.2, 0) is 4.74 Å². The fourth-order valence-corrected chi connectivity index (χ4v) is 3.92. The van der Waals surface area contributed by atoms with E-state index in [0.29, 0.717) is 12.0 Å². The summed E-state index contributed by atoms with van der Waals surface area (Å²) in [7, 11) is 1.90. The van der Waals surface area contributed by atoms with Gasteiger partial charge in [0.15, 0.2) is 0 Å². The Morgan fingerprint density at radius 2 is 2.00 bits per heavy atom. The van der Waals surface area contributed by atoms with Crippen LogP contribution < -0.4 is 0 Å². The molecule has 0 aromatic heterocycles. The van der Waals surface area contributed by atoms with E-state index < -0.39 is 0 Å². The normalized spacial score (nSPS) is 38.2. The van der Waals surface area contributed by atoms with Crippen molar-refractivity contribution in [2.45, 2.75) is 56.6 Å². The number of amides is 1. The van der Waals surface area contributed by atoms with Crippen LogP contribution in [0.15, 0.2) is 0 Å². The third-order valence-corrected chi connectivity index (χ3v) is 4.68. The molecule has 2 aliphatic carbocycles. The fourth-order valence-electron chi connectivity index (χ4n) is 3.92. The van der Waals surface area contributed by atoms with E-state index in [1.54, 1.807) is 0 Å². The average molecular weight is 209 g/mol. The summed E-state index contributed by atoms with van der Waals surface area (Å²) in [5, 5.41) is 0. The molecule has 2 atom stereocenters. The average Bonchev–Trinajstić information content (AvgIpc) is 2.82. The van der Waals surface area contributed by atoms with E-state index in [4.69, 9.17) is 4.74 Å². The summed E-state index contributed by atoms with van der Waals surface area (Å²) in [6, 6.07) is 0.462. The molecule has 3 nitrogen and oxygen atoms in total. The maximum Gasteiger partial charge on any atom is 0.410 e. The molecule has 1 aliphatic heterocycles. The van der Waals surface area contributed by atoms with Gasteiger partial charge in [0, 0.05) is 19.0 Å². The highest BCUT2D eigenvalue weighted by Crippen LogP contribution is 2.50. The van der Waals surface area contributed by atoms with Gasteiger partial charge in [0.25, 0.3) is 0 Å². The minimum atomic E-state index is -0.0833. The first-order chi connectivity index (χ1) is 7.23. The van der Waals surface area contributed by atoms with Gasteiger partial charge in [-0.05, 0) is 38.5 Å². The molecule has 0 N–H and O–H groups in total. The van der Waals surface area contributed by atoms with E-state index in [-0.39, 0.29) is 11.7 Å². The number of nitrogens with zero attached hydrogens (tertiary/aromatic N) is 1. The first kappa shape index (κ1) is 9.49. The molecule has 84 valence electrons. The van der Waals surface area contributed by atoms with Crippen molar-refractivity contribution in [3.05, 3.63) is 0 Å². The number of carbonyl (C=O) groups is 1. The van der Waals surface area contributed by atoms with E-state index in [2.05, 4.69) is 0 Å². The Kier molecular flexibility index (Phi) is 1.98. The van der Waals surface area contributed by atoms with Gasteiger partial charge in [-0.15, -0.1) is 0 Å². The number of hydrogen-bond donors (Lipinski definition) is 0. The molecule has 1 amide bonds. The lowest BCUT2D eigenvalue weighted by Crippen LogP contribution is -2.57. The van der Waals surface area contributed by atoms with Crippen LogP contribution in [0.3, 0.4) is 0 Å². The van der Waals surface area contributed by atoms with Gasteiger partial charge in [-0.2, -0.15) is 0 Å². The van der Waals surface area contributed by atoms with Crippen molar-refractivity contribution in [3.63, 3.8) is 0 Å². The summed E-state index contributed by atoms with van der Waals surface area (Å²) in [4.78, 5) is 13.6. The van der Waals surface area contributed by atoms with Crippen molar-refractivity contribution in [1.82, 2.24) is 4.90 Å². The molecule has 0 aromatic carbocycles. The second-order valence-corrected chi connectivity index (χ2v) is 5.36. The van der Waals surface area contributed by atoms with Crippen LogP contribution in [0.1, 0.15) is 44.9 Å². The monoisotopic (exact) mass is 209 g/mol. The fraction of sp³-hybridized carbons (Fsp3) is 0.917. The lowest BCUT2D eigenvalue weighted by molar-refractivity contribution is -0.0956. The predicted molar refractivity (Wildman–Crippen MR) is 56.6 cm³/mol. The molecular weight excluding hydrogens is 190 g/mol. The molecule has 1 spiro atoms. The Morgan fingerprint density at radius 3 is 2.73 bits per heavy atom. The van der Waals surface area contributed by atoms with Gasteiger partial charge in [-0.1, -0.05) is 6.42 Å². The van der Waals surface area contributed by atoms with Crippen molar-refractivity contribution < 1.29 is 9.53 Å². The Balaban J connectivity index is 1.93. The van der Waals surface area contributed by atoms with Crippen LogP contribution in [0.4, 0.5) is 4.79 Å². The molecule has 0 unspecified atom stereocenters. The second-order valence-electron chi connectivity index (χ2n) is 5.36. The quantitative estimate of drug-likeness (QED) is 0.613. The van der Waals surface area contributed by atoms with Crippen LogP contribution in [0.25, 0.3) is 0 Å². The molecule has 1 heterocycles. The topological polar surface area (TPSA) is 29.5 Å². The van der Waals surface area contributed by atoms with E-state index in [0.717, 1.165) is 12.8 Å². The van der Waals surface area contributed by atoms with E-state index in [9.17, 15) is 4.79 Å². The maximum atomic E-state index is 11.8. The number of rotatable bonds is 0. The zero-order valence-corrected chi connectivity index (χ0v) is 9.37. The molecule has 3 rings (SSSR count). The summed E-state index contributed by atoms with van der Waals surface area (Å²) < 4.78 is 5.75. The highest BCUT2D eigenvalue weighted by atomic mass is 16.6. The van der Waals surface area contributed by atoms with Crippen LogP contribution in [0.5, 0.6) is 0 Å². The lowest BCUT2D eigenvalue weighted by atomic mass is 9.80. The van der Waals surface area contributed by atoms with Crippen molar-refractivity contribution in [3.8, 4) is 0 Å². The molecular formula is C12H19NO2. The summed E-state index contributed by atoms with van der Waals surface area (Å²) in [5.74, 6) is 0.614. The number of hydrogen-bond acceptors (Lipinski definition) is 2. The zero-order chi connectivity index (χ0) is 10.5. The maximum absolute atomic E-state index is 11.8. The number of ether oxygens (including phenoxy) is 1. The molecule has 3 aliphatic rings. The molecule has 1 saturated heterocycles. The summed E-state index contributed by atoms with van der Waals surface area (Å²) in [5.41, 5.74) is -0.0647. The zero-order valence-electron chi connectivity index (χ0n) is 9.37. The minimum Gasteiger partial charge on any atom is -0.442 e. The molecule has 15 heavy (non-hydrogen) atoms. The standard InChI is InChI=1S/C12H19NO2/c1-13-10-6-4-5-9(10)12(15-11(13)14)7-2-3-8-12/h9-10H,2-8H2,1H3/t9-,10+/m1/s1. The Bertz CT molecular complexity index is 283. The Labute approximate surface area is 90.8 Å². The Hall–Kier alpha value is -0.730. The van der Waals surface area contributed by atoms with Gasteiger partial charge in [0.05, 0.1) is 0 Å². The van der Waals surface area contributed by atoms with Gasteiger partial charge in [0.2, 0.25) is 0 Å². The first-order valence-electron chi connectivity index (χ1n) is 6.19. The molecule has 0 radical (unpaired) electrons. The molecule has 2 saturated carbocycles. The molecule has 0 bridgehead atoms. The minimum absolute atomic E-state index is 0.0647. The summed E-state index contributed by atoms with van der Waals surface area (Å²) >= 11 is 0.